The monoisotopic (exact) mass is 398 g/mol. The average Bonchev–Trinajstić information content (AvgIpc) is 3.11. The van der Waals surface area contributed by atoms with E-state index in [1.165, 1.54) is 24.4 Å². The Hall–Kier alpha value is -3.62. The molecule has 0 fully saturated rings. The Morgan fingerprint density at radius 1 is 1.00 bits per heavy atom. The Morgan fingerprint density at radius 2 is 1.79 bits per heavy atom. The van der Waals surface area contributed by atoms with Gasteiger partial charge < -0.3 is 15.6 Å². The topological polar surface area (TPSA) is 78.5 Å². The van der Waals surface area contributed by atoms with Crippen molar-refractivity contribution in [3.8, 4) is 0 Å². The minimum absolute atomic E-state index is 0.0924. The molecule has 0 spiro atoms. The maximum Gasteiger partial charge on any atom is 0.418 e. The molecule has 0 aliphatic rings. The van der Waals surface area contributed by atoms with Crippen molar-refractivity contribution in [3.05, 3.63) is 72.1 Å². The molecular weight excluding hydrogens is 381 g/mol. The molecule has 2 aromatic heterocycles. The molecule has 9 heteroatoms. The van der Waals surface area contributed by atoms with Gasteiger partial charge in [0, 0.05) is 23.6 Å². The van der Waals surface area contributed by atoms with Gasteiger partial charge in [-0.3, -0.25) is 0 Å². The lowest BCUT2D eigenvalue weighted by Crippen LogP contribution is -2.11. The van der Waals surface area contributed by atoms with Crippen molar-refractivity contribution in [2.75, 3.05) is 17.2 Å². The first-order chi connectivity index (χ1) is 14.0. The number of nitrogens with one attached hydrogen (secondary N) is 3. The molecular formula is C20H17F3N6. The number of para-hydroxylation sites is 2. The molecule has 0 saturated carbocycles. The van der Waals surface area contributed by atoms with Crippen LogP contribution in [0.3, 0.4) is 0 Å². The van der Waals surface area contributed by atoms with Crippen molar-refractivity contribution in [2.45, 2.75) is 12.6 Å². The van der Waals surface area contributed by atoms with E-state index in [-0.39, 0.29) is 17.5 Å². The fraction of sp³-hybridized carbons (Fsp3) is 0.150. The van der Waals surface area contributed by atoms with Crippen LogP contribution in [0.2, 0.25) is 0 Å². The second-order valence-corrected chi connectivity index (χ2v) is 6.37. The zero-order chi connectivity index (χ0) is 20.3. The molecule has 0 aliphatic heterocycles. The van der Waals surface area contributed by atoms with Crippen LogP contribution < -0.4 is 10.6 Å². The van der Waals surface area contributed by atoms with Crippen LogP contribution >= 0.6 is 0 Å². The lowest BCUT2D eigenvalue weighted by molar-refractivity contribution is -0.136. The molecule has 2 aromatic carbocycles. The van der Waals surface area contributed by atoms with E-state index in [9.17, 15) is 13.2 Å². The number of fused-ring (bicyclic) bond motifs is 1. The van der Waals surface area contributed by atoms with E-state index < -0.39 is 11.7 Å². The molecule has 4 rings (SSSR count). The predicted octanol–water partition coefficient (Wildman–Crippen LogP) is 4.77. The van der Waals surface area contributed by atoms with Crippen LogP contribution in [0.5, 0.6) is 0 Å². The number of H-pyrrole nitrogens is 1. The first-order valence-electron chi connectivity index (χ1n) is 8.92. The van der Waals surface area contributed by atoms with Gasteiger partial charge in [0.1, 0.15) is 0 Å². The molecule has 6 nitrogen and oxygen atoms in total. The number of benzene rings is 2. The van der Waals surface area contributed by atoms with Crippen LogP contribution in [0.1, 0.15) is 11.1 Å². The van der Waals surface area contributed by atoms with E-state index in [0.717, 1.165) is 29.0 Å². The first kappa shape index (κ1) is 18.7. The van der Waals surface area contributed by atoms with E-state index >= 15 is 0 Å². The zero-order valence-electron chi connectivity index (χ0n) is 15.2. The van der Waals surface area contributed by atoms with Gasteiger partial charge in [-0.25, -0.2) is 0 Å². The number of rotatable bonds is 6. The maximum absolute atomic E-state index is 13.1. The normalized spacial score (nSPS) is 11.6. The van der Waals surface area contributed by atoms with Gasteiger partial charge in [-0.05, 0) is 30.2 Å². The summed E-state index contributed by atoms with van der Waals surface area (Å²) in [6, 6.07) is 13.2. The summed E-state index contributed by atoms with van der Waals surface area (Å²) in [7, 11) is 0. The summed E-state index contributed by atoms with van der Waals surface area (Å²) in [6.45, 7) is 0.548. The Labute approximate surface area is 164 Å². The Kier molecular flexibility index (Phi) is 5.03. The lowest BCUT2D eigenvalue weighted by Gasteiger charge is -2.14. The second-order valence-electron chi connectivity index (χ2n) is 6.37. The second kappa shape index (κ2) is 7.78. The number of aromatic nitrogens is 4. The SMILES string of the molecule is FC(F)(F)c1ccccc1Nc1cnnc(NCCc2c[nH]c3ccccc23)n1. The number of alkyl halides is 3. The molecule has 0 atom stereocenters. The summed E-state index contributed by atoms with van der Waals surface area (Å²) >= 11 is 0. The maximum atomic E-state index is 13.1. The van der Waals surface area contributed by atoms with Crippen molar-refractivity contribution in [2.24, 2.45) is 0 Å². The minimum atomic E-state index is -4.47. The van der Waals surface area contributed by atoms with Crippen molar-refractivity contribution in [3.63, 3.8) is 0 Å². The van der Waals surface area contributed by atoms with E-state index in [1.807, 2.05) is 30.5 Å². The Morgan fingerprint density at radius 3 is 2.66 bits per heavy atom. The fourth-order valence-corrected chi connectivity index (χ4v) is 3.06. The quantitative estimate of drug-likeness (QED) is 0.436. The van der Waals surface area contributed by atoms with Crippen LogP contribution in [-0.2, 0) is 12.6 Å². The molecule has 0 bridgehead atoms. The van der Waals surface area contributed by atoms with Crippen LogP contribution in [0, 0.1) is 0 Å². The molecule has 4 aromatic rings. The standard InChI is InChI=1S/C20H17F3N6/c21-20(22,23)15-6-2-4-8-17(15)27-18-12-26-29-19(28-18)24-10-9-13-11-25-16-7-3-1-5-14(13)16/h1-8,11-12,25H,9-10H2,(H2,24,27,28,29). The molecule has 0 unspecified atom stereocenters. The van der Waals surface area contributed by atoms with Gasteiger partial charge in [0.15, 0.2) is 5.82 Å². The van der Waals surface area contributed by atoms with Gasteiger partial charge in [0.25, 0.3) is 0 Å². The molecule has 0 amide bonds. The van der Waals surface area contributed by atoms with Gasteiger partial charge in [0.2, 0.25) is 5.95 Å². The highest BCUT2D eigenvalue weighted by molar-refractivity contribution is 5.83. The third-order valence-corrected chi connectivity index (χ3v) is 4.41. The molecule has 3 N–H and O–H groups in total. The number of halogens is 3. The van der Waals surface area contributed by atoms with Gasteiger partial charge in [-0.2, -0.15) is 23.3 Å². The summed E-state index contributed by atoms with van der Waals surface area (Å²) in [5.74, 6) is 0.408. The highest BCUT2D eigenvalue weighted by Crippen LogP contribution is 2.35. The summed E-state index contributed by atoms with van der Waals surface area (Å²) in [5, 5.41) is 14.6. The molecule has 148 valence electrons. The van der Waals surface area contributed by atoms with Crippen molar-refractivity contribution in [1.82, 2.24) is 20.2 Å². The number of hydrogen-bond acceptors (Lipinski definition) is 5. The van der Waals surface area contributed by atoms with Crippen LogP contribution in [0.4, 0.5) is 30.6 Å². The zero-order valence-corrected chi connectivity index (χ0v) is 15.2. The Bertz CT molecular complexity index is 1120. The lowest BCUT2D eigenvalue weighted by atomic mass is 10.1. The summed E-state index contributed by atoms with van der Waals surface area (Å²) < 4.78 is 39.4. The van der Waals surface area contributed by atoms with Crippen LogP contribution in [0.15, 0.2) is 60.9 Å². The highest BCUT2D eigenvalue weighted by Gasteiger charge is 2.33. The van der Waals surface area contributed by atoms with Crippen molar-refractivity contribution in [1.29, 1.82) is 0 Å². The van der Waals surface area contributed by atoms with Gasteiger partial charge >= 0.3 is 6.18 Å². The molecule has 29 heavy (non-hydrogen) atoms. The van der Waals surface area contributed by atoms with Gasteiger partial charge in [-0.15, -0.1) is 5.10 Å². The summed E-state index contributed by atoms with van der Waals surface area (Å²) in [6.07, 6.45) is -0.512. The summed E-state index contributed by atoms with van der Waals surface area (Å²) in [4.78, 5) is 7.42. The van der Waals surface area contributed by atoms with Gasteiger partial charge in [0.05, 0.1) is 17.4 Å². The van der Waals surface area contributed by atoms with Crippen molar-refractivity contribution >= 4 is 28.4 Å². The van der Waals surface area contributed by atoms with E-state index in [4.69, 9.17) is 0 Å². The van der Waals surface area contributed by atoms with Crippen LogP contribution in [-0.4, -0.2) is 26.7 Å². The molecule has 0 radical (unpaired) electrons. The molecule has 2 heterocycles. The van der Waals surface area contributed by atoms with E-state index in [2.05, 4.69) is 30.8 Å². The fourth-order valence-electron chi connectivity index (χ4n) is 3.06. The smallest absolute Gasteiger partial charge is 0.361 e. The van der Waals surface area contributed by atoms with E-state index in [0.29, 0.717) is 6.54 Å². The Balaban J connectivity index is 1.43. The largest absolute Gasteiger partial charge is 0.418 e. The highest BCUT2D eigenvalue weighted by atomic mass is 19.4. The number of anilines is 3. The van der Waals surface area contributed by atoms with Crippen molar-refractivity contribution < 1.29 is 13.2 Å². The first-order valence-corrected chi connectivity index (χ1v) is 8.92. The minimum Gasteiger partial charge on any atom is -0.361 e. The van der Waals surface area contributed by atoms with Crippen LogP contribution in [0.25, 0.3) is 10.9 Å². The number of hydrogen-bond donors (Lipinski definition) is 3. The third kappa shape index (κ3) is 4.29. The number of aromatic amines is 1. The summed E-state index contributed by atoms with van der Waals surface area (Å²) in [5.41, 5.74) is 1.35. The predicted molar refractivity (Wildman–Crippen MR) is 105 cm³/mol. The number of nitrogens with zero attached hydrogens (tertiary/aromatic N) is 3. The third-order valence-electron chi connectivity index (χ3n) is 4.41. The average molecular weight is 398 g/mol. The van der Waals surface area contributed by atoms with Gasteiger partial charge in [-0.1, -0.05) is 30.3 Å². The molecule has 0 aliphatic carbocycles. The van der Waals surface area contributed by atoms with E-state index in [1.54, 1.807) is 0 Å². The molecule has 0 saturated heterocycles.